The van der Waals surface area contributed by atoms with Crippen molar-refractivity contribution in [1.82, 2.24) is 0 Å². The zero-order valence-corrected chi connectivity index (χ0v) is 11.7. The van der Waals surface area contributed by atoms with E-state index in [0.717, 1.165) is 0 Å². The van der Waals surface area contributed by atoms with E-state index in [4.69, 9.17) is 11.6 Å². The van der Waals surface area contributed by atoms with Gasteiger partial charge in [-0.05, 0) is 37.5 Å². The van der Waals surface area contributed by atoms with E-state index in [0.29, 0.717) is 17.0 Å². The van der Waals surface area contributed by atoms with Crippen molar-refractivity contribution in [2.45, 2.75) is 25.2 Å². The van der Waals surface area contributed by atoms with E-state index in [9.17, 15) is 19.8 Å². The quantitative estimate of drug-likeness (QED) is 0.840. The third-order valence-electron chi connectivity index (χ3n) is 3.88. The van der Waals surface area contributed by atoms with Crippen LogP contribution in [0.15, 0.2) is 36.4 Å². The Morgan fingerprint density at radius 3 is 2.50 bits per heavy atom. The third-order valence-corrected chi connectivity index (χ3v) is 4.11. The van der Waals surface area contributed by atoms with E-state index >= 15 is 0 Å². The van der Waals surface area contributed by atoms with Crippen LogP contribution in [0, 0.1) is 5.41 Å². The van der Waals surface area contributed by atoms with Crippen molar-refractivity contribution in [3.8, 4) is 0 Å². The molecule has 20 heavy (non-hydrogen) atoms. The Kier molecular flexibility index (Phi) is 3.61. The maximum absolute atomic E-state index is 11.8. The van der Waals surface area contributed by atoms with Crippen molar-refractivity contribution in [2.75, 3.05) is 0 Å². The van der Waals surface area contributed by atoms with Gasteiger partial charge < -0.3 is 10.2 Å². The molecule has 0 spiro atoms. The molecule has 0 heterocycles. The molecule has 2 rings (SSSR count). The van der Waals surface area contributed by atoms with Gasteiger partial charge >= 0.3 is 11.9 Å². The number of allylic oxidation sites excluding steroid dienone is 1. The lowest BCUT2D eigenvalue weighted by atomic mass is 9.63. The fourth-order valence-electron chi connectivity index (χ4n) is 2.66. The Morgan fingerprint density at radius 2 is 1.95 bits per heavy atom. The Bertz CT molecular complexity index is 595. The molecular formula is C15H15ClO4. The highest BCUT2D eigenvalue weighted by atomic mass is 35.5. The van der Waals surface area contributed by atoms with Crippen molar-refractivity contribution in [3.63, 3.8) is 0 Å². The number of halogens is 1. The molecule has 0 aromatic heterocycles. The number of carboxylic acids is 2. The zero-order valence-electron chi connectivity index (χ0n) is 11.0. The molecular weight excluding hydrogens is 280 g/mol. The lowest BCUT2D eigenvalue weighted by Gasteiger charge is -2.38. The number of benzene rings is 1. The number of hydrogen-bond donors (Lipinski definition) is 2. The van der Waals surface area contributed by atoms with E-state index in [-0.39, 0.29) is 6.42 Å². The fraction of sp³-hybridized carbons (Fsp3) is 0.333. The summed E-state index contributed by atoms with van der Waals surface area (Å²) < 4.78 is 0. The van der Waals surface area contributed by atoms with Gasteiger partial charge in [0.25, 0.3) is 0 Å². The predicted octanol–water partition coefficient (Wildman–Crippen LogP) is 3.10. The van der Waals surface area contributed by atoms with E-state index in [1.165, 1.54) is 0 Å². The molecule has 0 bridgehead atoms. The van der Waals surface area contributed by atoms with E-state index < -0.39 is 22.8 Å². The van der Waals surface area contributed by atoms with Crippen LogP contribution in [0.3, 0.4) is 0 Å². The van der Waals surface area contributed by atoms with Gasteiger partial charge in [-0.15, -0.1) is 0 Å². The van der Waals surface area contributed by atoms with Crippen LogP contribution in [0.4, 0.5) is 0 Å². The van der Waals surface area contributed by atoms with Gasteiger partial charge in [0.2, 0.25) is 0 Å². The molecule has 106 valence electrons. The number of hydrogen-bond acceptors (Lipinski definition) is 2. The Morgan fingerprint density at radius 1 is 1.25 bits per heavy atom. The maximum atomic E-state index is 11.8. The van der Waals surface area contributed by atoms with Crippen LogP contribution in [0.5, 0.6) is 0 Å². The second kappa shape index (κ2) is 4.94. The highest BCUT2D eigenvalue weighted by Crippen LogP contribution is 2.45. The minimum Gasteiger partial charge on any atom is -0.481 e. The van der Waals surface area contributed by atoms with Gasteiger partial charge in [0.15, 0.2) is 0 Å². The van der Waals surface area contributed by atoms with Crippen LogP contribution >= 0.6 is 11.6 Å². The van der Waals surface area contributed by atoms with Crippen LogP contribution in [0.2, 0.25) is 5.02 Å². The average molecular weight is 295 g/mol. The highest BCUT2D eigenvalue weighted by Gasteiger charge is 2.49. The SMILES string of the molecule is CC1(C(=O)O)CC=CC(C(=O)O)(c2cccc(Cl)c2)C1. The summed E-state index contributed by atoms with van der Waals surface area (Å²) in [6.45, 7) is 1.57. The molecule has 0 saturated carbocycles. The number of aliphatic carboxylic acids is 2. The molecule has 0 fully saturated rings. The number of carboxylic acid groups (broad SMARTS) is 2. The molecule has 4 nitrogen and oxygen atoms in total. The zero-order chi connectivity index (χ0) is 15.0. The molecule has 2 unspecified atom stereocenters. The summed E-state index contributed by atoms with van der Waals surface area (Å²) in [4.78, 5) is 23.2. The second-order valence-electron chi connectivity index (χ2n) is 5.44. The molecule has 0 amide bonds. The van der Waals surface area contributed by atoms with Crippen LogP contribution in [-0.2, 0) is 15.0 Å². The summed E-state index contributed by atoms with van der Waals surface area (Å²) in [6, 6.07) is 6.57. The van der Waals surface area contributed by atoms with Gasteiger partial charge in [-0.1, -0.05) is 35.9 Å². The number of rotatable bonds is 3. The predicted molar refractivity (Wildman–Crippen MR) is 74.9 cm³/mol. The molecule has 0 radical (unpaired) electrons. The first kappa shape index (κ1) is 14.6. The molecule has 0 saturated heterocycles. The Hall–Kier alpha value is -1.81. The van der Waals surface area contributed by atoms with Crippen molar-refractivity contribution in [2.24, 2.45) is 5.41 Å². The van der Waals surface area contributed by atoms with Gasteiger partial charge in [-0.3, -0.25) is 9.59 Å². The van der Waals surface area contributed by atoms with Crippen LogP contribution in [0.1, 0.15) is 25.3 Å². The third kappa shape index (κ3) is 2.31. The summed E-state index contributed by atoms with van der Waals surface area (Å²) in [5.41, 5.74) is -1.95. The van der Waals surface area contributed by atoms with Gasteiger partial charge in [-0.2, -0.15) is 0 Å². The summed E-state index contributed by atoms with van der Waals surface area (Å²) in [5, 5.41) is 19.4. The molecule has 1 aliphatic carbocycles. The molecule has 5 heteroatoms. The first-order valence-corrected chi connectivity index (χ1v) is 6.58. The van der Waals surface area contributed by atoms with Crippen molar-refractivity contribution in [1.29, 1.82) is 0 Å². The van der Waals surface area contributed by atoms with E-state index in [2.05, 4.69) is 0 Å². The summed E-state index contributed by atoms with van der Waals surface area (Å²) in [7, 11) is 0. The lowest BCUT2D eigenvalue weighted by molar-refractivity contribution is -0.152. The topological polar surface area (TPSA) is 74.6 Å². The lowest BCUT2D eigenvalue weighted by Crippen LogP contribution is -2.44. The Labute approximate surface area is 121 Å². The minimum absolute atomic E-state index is 0.00150. The molecule has 1 aromatic rings. The Balaban J connectivity index is 2.57. The van der Waals surface area contributed by atoms with Crippen molar-refractivity contribution < 1.29 is 19.8 Å². The second-order valence-corrected chi connectivity index (χ2v) is 5.87. The largest absolute Gasteiger partial charge is 0.481 e. The van der Waals surface area contributed by atoms with Crippen molar-refractivity contribution in [3.05, 3.63) is 47.0 Å². The molecule has 1 aliphatic rings. The summed E-state index contributed by atoms with van der Waals surface area (Å²) >= 11 is 5.93. The van der Waals surface area contributed by atoms with E-state index in [1.807, 2.05) is 0 Å². The number of carbonyl (C=O) groups is 2. The smallest absolute Gasteiger partial charge is 0.318 e. The molecule has 2 atom stereocenters. The molecule has 1 aromatic carbocycles. The fourth-order valence-corrected chi connectivity index (χ4v) is 2.85. The first-order chi connectivity index (χ1) is 9.30. The van der Waals surface area contributed by atoms with Gasteiger partial charge in [-0.25, -0.2) is 0 Å². The first-order valence-electron chi connectivity index (χ1n) is 6.21. The van der Waals surface area contributed by atoms with Crippen LogP contribution < -0.4 is 0 Å². The minimum atomic E-state index is -1.35. The monoisotopic (exact) mass is 294 g/mol. The standard InChI is InChI=1S/C15H15ClO4/c1-14(12(17)18)6-3-7-15(9-14,13(19)20)10-4-2-5-11(16)8-10/h2-5,7-8H,6,9H2,1H3,(H,17,18)(H,19,20). The van der Waals surface area contributed by atoms with E-state index in [1.54, 1.807) is 43.3 Å². The molecule has 2 N–H and O–H groups in total. The van der Waals surface area contributed by atoms with Crippen LogP contribution in [-0.4, -0.2) is 22.2 Å². The van der Waals surface area contributed by atoms with Crippen molar-refractivity contribution >= 4 is 23.5 Å². The summed E-state index contributed by atoms with van der Waals surface area (Å²) in [5.74, 6) is -2.06. The maximum Gasteiger partial charge on any atom is 0.318 e. The average Bonchev–Trinajstić information content (AvgIpc) is 2.38. The summed E-state index contributed by atoms with van der Waals surface area (Å²) in [6.07, 6.45) is 3.53. The van der Waals surface area contributed by atoms with Gasteiger partial charge in [0, 0.05) is 5.02 Å². The van der Waals surface area contributed by atoms with Gasteiger partial charge in [0.05, 0.1) is 5.41 Å². The van der Waals surface area contributed by atoms with Crippen LogP contribution in [0.25, 0.3) is 0 Å². The normalized spacial score (nSPS) is 29.1. The highest BCUT2D eigenvalue weighted by molar-refractivity contribution is 6.30. The molecule has 0 aliphatic heterocycles. The van der Waals surface area contributed by atoms with Gasteiger partial charge in [0.1, 0.15) is 5.41 Å².